The van der Waals surface area contributed by atoms with Gasteiger partial charge in [0.1, 0.15) is 5.82 Å². The topological polar surface area (TPSA) is 41.9 Å². The average Bonchev–Trinajstić information content (AvgIpc) is 2.91. The van der Waals surface area contributed by atoms with Gasteiger partial charge in [0.05, 0.1) is 0 Å². The van der Waals surface area contributed by atoms with Gasteiger partial charge in [0.15, 0.2) is 0 Å². The highest BCUT2D eigenvalue weighted by Gasteiger charge is 2.38. The van der Waals surface area contributed by atoms with E-state index in [9.17, 15) is 0 Å². The van der Waals surface area contributed by atoms with Crippen LogP contribution in [0.1, 0.15) is 19.3 Å². The van der Waals surface area contributed by atoms with Crippen LogP contribution in [-0.4, -0.2) is 28.9 Å². The quantitative estimate of drug-likeness (QED) is 0.805. The first-order valence-corrected chi connectivity index (χ1v) is 6.30. The molecule has 3 unspecified atom stereocenters. The van der Waals surface area contributed by atoms with Crippen LogP contribution in [0.5, 0.6) is 0 Å². The maximum Gasteiger partial charge on any atom is 0.148 e. The minimum atomic E-state index is 0.648. The van der Waals surface area contributed by atoms with Gasteiger partial charge in [0.25, 0.3) is 0 Å². The van der Waals surface area contributed by atoms with Crippen molar-refractivity contribution in [2.24, 2.45) is 18.9 Å². The molecule has 2 N–H and O–H groups in total. The molecule has 4 nitrogen and oxygen atoms in total. The Morgan fingerprint density at radius 3 is 3.31 bits per heavy atom. The van der Waals surface area contributed by atoms with Crippen LogP contribution in [0.25, 0.3) is 0 Å². The molecule has 4 heteroatoms. The fourth-order valence-corrected chi connectivity index (χ4v) is 3.25. The van der Waals surface area contributed by atoms with E-state index in [1.165, 1.54) is 25.8 Å². The molecule has 3 rings (SSSR count). The second-order valence-corrected chi connectivity index (χ2v) is 5.13. The maximum absolute atomic E-state index is 4.33. The summed E-state index contributed by atoms with van der Waals surface area (Å²) in [6.45, 7) is 2.23. The molecule has 1 aliphatic heterocycles. The average molecular weight is 220 g/mol. The molecular formula is C12H20N4. The SMILES string of the molecule is Cn1ccc(NCC2NCC3CCCC32)n1. The summed E-state index contributed by atoms with van der Waals surface area (Å²) in [6.07, 6.45) is 6.24. The minimum absolute atomic E-state index is 0.648. The van der Waals surface area contributed by atoms with Crippen LogP contribution in [0.15, 0.2) is 12.3 Å². The second-order valence-electron chi connectivity index (χ2n) is 5.13. The van der Waals surface area contributed by atoms with Gasteiger partial charge in [-0.1, -0.05) is 6.42 Å². The van der Waals surface area contributed by atoms with Crippen LogP contribution < -0.4 is 10.6 Å². The lowest BCUT2D eigenvalue weighted by atomic mass is 9.94. The zero-order valence-electron chi connectivity index (χ0n) is 9.82. The van der Waals surface area contributed by atoms with Gasteiger partial charge in [-0.25, -0.2) is 0 Å². The van der Waals surface area contributed by atoms with Gasteiger partial charge in [0, 0.05) is 31.9 Å². The second kappa shape index (κ2) is 4.09. The van der Waals surface area contributed by atoms with Gasteiger partial charge >= 0.3 is 0 Å². The first kappa shape index (κ1) is 10.1. The number of nitrogens with one attached hydrogen (secondary N) is 2. The number of rotatable bonds is 3. The third-order valence-corrected chi connectivity index (χ3v) is 4.09. The number of aryl methyl sites for hydroxylation is 1. The summed E-state index contributed by atoms with van der Waals surface area (Å²) in [6, 6.07) is 2.68. The molecule has 2 aliphatic rings. The zero-order chi connectivity index (χ0) is 11.0. The lowest BCUT2D eigenvalue weighted by Crippen LogP contribution is -2.34. The minimum Gasteiger partial charge on any atom is -0.367 e. The van der Waals surface area contributed by atoms with Gasteiger partial charge < -0.3 is 10.6 Å². The maximum atomic E-state index is 4.33. The smallest absolute Gasteiger partial charge is 0.148 e. The number of fused-ring (bicyclic) bond motifs is 1. The van der Waals surface area contributed by atoms with E-state index in [0.29, 0.717) is 6.04 Å². The normalized spacial score (nSPS) is 32.9. The van der Waals surface area contributed by atoms with E-state index in [1.54, 1.807) is 0 Å². The van der Waals surface area contributed by atoms with E-state index in [-0.39, 0.29) is 0 Å². The van der Waals surface area contributed by atoms with Crippen LogP contribution >= 0.6 is 0 Å². The van der Waals surface area contributed by atoms with Gasteiger partial charge in [-0.2, -0.15) is 5.10 Å². The molecule has 88 valence electrons. The molecule has 1 aromatic rings. The van der Waals surface area contributed by atoms with E-state index in [0.717, 1.165) is 24.2 Å². The Morgan fingerprint density at radius 2 is 2.50 bits per heavy atom. The molecule has 16 heavy (non-hydrogen) atoms. The van der Waals surface area contributed by atoms with E-state index in [4.69, 9.17) is 0 Å². The third kappa shape index (κ3) is 1.82. The van der Waals surface area contributed by atoms with Gasteiger partial charge in [-0.15, -0.1) is 0 Å². The highest BCUT2D eigenvalue weighted by molar-refractivity contribution is 5.32. The summed E-state index contributed by atoms with van der Waals surface area (Å²) in [7, 11) is 1.95. The van der Waals surface area contributed by atoms with E-state index in [1.807, 2.05) is 24.0 Å². The lowest BCUT2D eigenvalue weighted by Gasteiger charge is -2.18. The largest absolute Gasteiger partial charge is 0.367 e. The summed E-state index contributed by atoms with van der Waals surface area (Å²) in [5.74, 6) is 2.83. The Kier molecular flexibility index (Phi) is 2.59. The highest BCUT2D eigenvalue weighted by Crippen LogP contribution is 2.37. The van der Waals surface area contributed by atoms with Crippen molar-refractivity contribution < 1.29 is 0 Å². The number of anilines is 1. The lowest BCUT2D eigenvalue weighted by molar-refractivity contribution is 0.422. The number of aromatic nitrogens is 2. The van der Waals surface area contributed by atoms with Gasteiger partial charge in [-0.05, 0) is 31.2 Å². The Hall–Kier alpha value is -1.03. The standard InChI is InChI=1S/C12H20N4/c1-16-6-5-12(15-16)14-8-11-10-4-2-3-9(10)7-13-11/h5-6,9-11,13H,2-4,7-8H2,1H3,(H,14,15). The Labute approximate surface area is 96.4 Å². The fraction of sp³-hybridized carbons (Fsp3) is 0.750. The van der Waals surface area contributed by atoms with Crippen molar-refractivity contribution in [2.45, 2.75) is 25.3 Å². The van der Waals surface area contributed by atoms with Crippen molar-refractivity contribution in [3.63, 3.8) is 0 Å². The van der Waals surface area contributed by atoms with E-state index >= 15 is 0 Å². The molecular weight excluding hydrogens is 200 g/mol. The third-order valence-electron chi connectivity index (χ3n) is 4.09. The van der Waals surface area contributed by atoms with Crippen molar-refractivity contribution in [1.82, 2.24) is 15.1 Å². The molecule has 2 fully saturated rings. The van der Waals surface area contributed by atoms with Crippen molar-refractivity contribution in [3.05, 3.63) is 12.3 Å². The van der Waals surface area contributed by atoms with Gasteiger partial charge in [-0.3, -0.25) is 4.68 Å². The monoisotopic (exact) mass is 220 g/mol. The van der Waals surface area contributed by atoms with Crippen molar-refractivity contribution in [2.75, 3.05) is 18.4 Å². The molecule has 2 heterocycles. The molecule has 1 aromatic heterocycles. The number of hydrogen-bond acceptors (Lipinski definition) is 3. The van der Waals surface area contributed by atoms with Crippen LogP contribution in [0.4, 0.5) is 5.82 Å². The molecule has 1 aliphatic carbocycles. The predicted molar refractivity (Wildman–Crippen MR) is 64.3 cm³/mol. The van der Waals surface area contributed by atoms with Crippen LogP contribution in [-0.2, 0) is 7.05 Å². The highest BCUT2D eigenvalue weighted by atomic mass is 15.3. The fourth-order valence-electron chi connectivity index (χ4n) is 3.25. The van der Waals surface area contributed by atoms with E-state index < -0.39 is 0 Å². The van der Waals surface area contributed by atoms with Crippen molar-refractivity contribution in [1.29, 1.82) is 0 Å². The van der Waals surface area contributed by atoms with Crippen LogP contribution in [0.3, 0.4) is 0 Å². The molecule has 0 amide bonds. The van der Waals surface area contributed by atoms with Crippen LogP contribution in [0.2, 0.25) is 0 Å². The predicted octanol–water partition coefficient (Wildman–Crippen LogP) is 1.22. The zero-order valence-corrected chi connectivity index (χ0v) is 9.82. The molecule has 0 radical (unpaired) electrons. The Balaban J connectivity index is 1.55. The molecule has 0 spiro atoms. The van der Waals surface area contributed by atoms with Gasteiger partial charge in [0.2, 0.25) is 0 Å². The van der Waals surface area contributed by atoms with Crippen LogP contribution in [0, 0.1) is 11.8 Å². The summed E-state index contributed by atoms with van der Waals surface area (Å²) in [5, 5.41) is 11.4. The molecule has 0 aromatic carbocycles. The Bertz CT molecular complexity index is 360. The summed E-state index contributed by atoms with van der Waals surface area (Å²) in [4.78, 5) is 0. The summed E-state index contributed by atoms with van der Waals surface area (Å²) in [5.41, 5.74) is 0. The first-order chi connectivity index (χ1) is 7.83. The van der Waals surface area contributed by atoms with Crippen molar-refractivity contribution >= 4 is 5.82 Å². The molecule has 0 bridgehead atoms. The number of hydrogen-bond donors (Lipinski definition) is 2. The number of nitrogens with zero attached hydrogens (tertiary/aromatic N) is 2. The first-order valence-electron chi connectivity index (χ1n) is 6.30. The van der Waals surface area contributed by atoms with Crippen molar-refractivity contribution in [3.8, 4) is 0 Å². The Morgan fingerprint density at radius 1 is 1.56 bits per heavy atom. The molecule has 1 saturated heterocycles. The summed E-state index contributed by atoms with van der Waals surface area (Å²) >= 11 is 0. The van der Waals surface area contributed by atoms with E-state index in [2.05, 4.69) is 15.7 Å². The molecule has 3 atom stereocenters. The summed E-state index contributed by atoms with van der Waals surface area (Å²) < 4.78 is 1.84. The molecule has 1 saturated carbocycles.